The van der Waals surface area contributed by atoms with E-state index in [2.05, 4.69) is 20.9 Å². The van der Waals surface area contributed by atoms with Crippen LogP contribution in [0.25, 0.3) is 0 Å². The van der Waals surface area contributed by atoms with Crippen LogP contribution in [-0.4, -0.2) is 6.08 Å². The minimum Gasteiger partial charge on any atom is -0.211 e. The number of hydrogen-bond acceptors (Lipinski definition) is 2. The number of isocyanates is 1. The summed E-state index contributed by atoms with van der Waals surface area (Å²) in [5.74, 6) is 0. The van der Waals surface area contributed by atoms with Crippen LogP contribution in [0.1, 0.15) is 31.2 Å². The van der Waals surface area contributed by atoms with Gasteiger partial charge in [-0.2, -0.15) is 4.99 Å². The molecule has 1 fully saturated rings. The fourth-order valence-electron chi connectivity index (χ4n) is 2.34. The molecule has 0 unspecified atom stereocenters. The second-order valence-corrected chi connectivity index (χ2v) is 5.36. The maximum atomic E-state index is 10.6. The van der Waals surface area contributed by atoms with E-state index in [1.807, 2.05) is 18.2 Å². The van der Waals surface area contributed by atoms with Crippen molar-refractivity contribution >= 4 is 33.6 Å². The van der Waals surface area contributed by atoms with Crippen LogP contribution in [0.3, 0.4) is 0 Å². The van der Waals surface area contributed by atoms with Gasteiger partial charge in [-0.1, -0.05) is 40.4 Å². The zero-order valence-corrected chi connectivity index (χ0v) is 11.0. The summed E-state index contributed by atoms with van der Waals surface area (Å²) in [4.78, 5) is 14.6. The largest absolute Gasteiger partial charge is 0.235 e. The molecule has 0 radical (unpaired) electrons. The smallest absolute Gasteiger partial charge is 0.211 e. The van der Waals surface area contributed by atoms with Crippen LogP contribution in [-0.2, 0) is 10.3 Å². The van der Waals surface area contributed by atoms with E-state index in [9.17, 15) is 4.79 Å². The molecule has 0 heterocycles. The predicted molar refractivity (Wildman–Crippen MR) is 67.4 cm³/mol. The number of hydrogen-bond donors (Lipinski definition) is 0. The number of rotatable bonds is 2. The van der Waals surface area contributed by atoms with E-state index >= 15 is 0 Å². The SMILES string of the molecule is O=C=NC1(c2cc(Cl)ccc2Br)CCCC1. The Labute approximate surface area is 108 Å². The third-order valence-electron chi connectivity index (χ3n) is 3.12. The first-order chi connectivity index (χ1) is 7.68. The summed E-state index contributed by atoms with van der Waals surface area (Å²) in [5.41, 5.74) is 0.590. The minimum atomic E-state index is -0.411. The summed E-state index contributed by atoms with van der Waals surface area (Å²) < 4.78 is 0.956. The quantitative estimate of drug-likeness (QED) is 0.594. The molecule has 2 nitrogen and oxygen atoms in total. The fourth-order valence-corrected chi connectivity index (χ4v) is 3.13. The molecule has 0 N–H and O–H groups in total. The Kier molecular flexibility index (Phi) is 3.48. The summed E-state index contributed by atoms with van der Waals surface area (Å²) in [7, 11) is 0. The van der Waals surface area contributed by atoms with Crippen molar-refractivity contribution < 1.29 is 4.79 Å². The second-order valence-electron chi connectivity index (χ2n) is 4.07. The van der Waals surface area contributed by atoms with Crippen LogP contribution in [0.15, 0.2) is 27.7 Å². The van der Waals surface area contributed by atoms with E-state index < -0.39 is 5.54 Å². The number of halogens is 2. The Bertz CT molecular complexity index is 448. The van der Waals surface area contributed by atoms with Crippen molar-refractivity contribution in [2.24, 2.45) is 4.99 Å². The van der Waals surface area contributed by atoms with Gasteiger partial charge >= 0.3 is 0 Å². The summed E-state index contributed by atoms with van der Waals surface area (Å²) in [6.07, 6.45) is 5.66. The fraction of sp³-hybridized carbons (Fsp3) is 0.417. The summed E-state index contributed by atoms with van der Waals surface area (Å²) >= 11 is 9.49. The number of carbonyl (C=O) groups excluding carboxylic acids is 1. The van der Waals surface area contributed by atoms with Crippen molar-refractivity contribution in [1.82, 2.24) is 0 Å². The topological polar surface area (TPSA) is 29.4 Å². The number of nitrogens with zero attached hydrogens (tertiary/aromatic N) is 1. The molecule has 0 amide bonds. The van der Waals surface area contributed by atoms with E-state index in [1.54, 1.807) is 6.08 Å². The summed E-state index contributed by atoms with van der Waals surface area (Å²) in [5, 5.41) is 0.672. The zero-order chi connectivity index (χ0) is 11.6. The van der Waals surface area contributed by atoms with Gasteiger partial charge in [0.25, 0.3) is 0 Å². The molecule has 2 rings (SSSR count). The molecule has 0 spiro atoms. The van der Waals surface area contributed by atoms with Gasteiger partial charge in [0.1, 0.15) is 0 Å². The van der Waals surface area contributed by atoms with E-state index in [-0.39, 0.29) is 0 Å². The van der Waals surface area contributed by atoms with Gasteiger partial charge in [-0.15, -0.1) is 0 Å². The van der Waals surface area contributed by atoms with Gasteiger partial charge < -0.3 is 0 Å². The third-order valence-corrected chi connectivity index (χ3v) is 4.05. The lowest BCUT2D eigenvalue weighted by Crippen LogP contribution is -2.19. The van der Waals surface area contributed by atoms with Gasteiger partial charge in [-0.05, 0) is 36.6 Å². The first kappa shape index (κ1) is 11.8. The minimum absolute atomic E-state index is 0.411. The summed E-state index contributed by atoms with van der Waals surface area (Å²) in [6, 6.07) is 5.61. The molecule has 1 saturated carbocycles. The molecular formula is C12H11BrClNO. The molecule has 0 atom stereocenters. The van der Waals surface area contributed by atoms with E-state index in [0.717, 1.165) is 35.7 Å². The highest BCUT2D eigenvalue weighted by molar-refractivity contribution is 9.10. The second kappa shape index (κ2) is 4.70. The third kappa shape index (κ3) is 2.08. The lowest BCUT2D eigenvalue weighted by Gasteiger charge is -2.24. The zero-order valence-electron chi connectivity index (χ0n) is 8.67. The lowest BCUT2D eigenvalue weighted by atomic mass is 9.89. The van der Waals surface area contributed by atoms with E-state index in [1.165, 1.54) is 0 Å². The molecule has 0 aromatic heterocycles. The van der Waals surface area contributed by atoms with Crippen molar-refractivity contribution in [3.8, 4) is 0 Å². The van der Waals surface area contributed by atoms with E-state index in [0.29, 0.717) is 5.02 Å². The Hall–Kier alpha value is -0.630. The highest BCUT2D eigenvalue weighted by Gasteiger charge is 2.37. The summed E-state index contributed by atoms with van der Waals surface area (Å²) in [6.45, 7) is 0. The molecule has 0 saturated heterocycles. The Morgan fingerprint density at radius 1 is 1.38 bits per heavy atom. The normalized spacial score (nSPS) is 18.1. The first-order valence-electron chi connectivity index (χ1n) is 5.22. The van der Waals surface area contributed by atoms with Gasteiger partial charge in [0, 0.05) is 9.50 Å². The van der Waals surface area contributed by atoms with Crippen LogP contribution in [0.5, 0.6) is 0 Å². The molecule has 1 aromatic rings. The number of benzene rings is 1. The highest BCUT2D eigenvalue weighted by Crippen LogP contribution is 2.45. The molecule has 1 aliphatic rings. The van der Waals surface area contributed by atoms with Crippen LogP contribution in [0, 0.1) is 0 Å². The Morgan fingerprint density at radius 2 is 2.06 bits per heavy atom. The van der Waals surface area contributed by atoms with Crippen molar-refractivity contribution in [2.45, 2.75) is 31.2 Å². The van der Waals surface area contributed by atoms with Gasteiger partial charge in [-0.25, -0.2) is 4.79 Å². The van der Waals surface area contributed by atoms with Gasteiger partial charge in [0.15, 0.2) is 0 Å². The monoisotopic (exact) mass is 299 g/mol. The van der Waals surface area contributed by atoms with Crippen molar-refractivity contribution in [2.75, 3.05) is 0 Å². The lowest BCUT2D eigenvalue weighted by molar-refractivity contribution is 0.454. The molecular weight excluding hydrogens is 289 g/mol. The van der Waals surface area contributed by atoms with Crippen LogP contribution >= 0.6 is 27.5 Å². The molecule has 0 aliphatic heterocycles. The number of aliphatic imine (C=N–C) groups is 1. The van der Waals surface area contributed by atoms with Crippen LogP contribution in [0.4, 0.5) is 0 Å². The maximum absolute atomic E-state index is 10.6. The van der Waals surface area contributed by atoms with Crippen LogP contribution < -0.4 is 0 Å². The standard InChI is InChI=1S/C12H11BrClNO/c13-11-4-3-9(14)7-10(11)12(15-8-16)5-1-2-6-12/h3-4,7H,1-2,5-6H2. The Balaban J connectivity index is 2.54. The molecule has 1 aromatic carbocycles. The van der Waals surface area contributed by atoms with E-state index in [4.69, 9.17) is 11.6 Å². The molecule has 1 aliphatic carbocycles. The Morgan fingerprint density at radius 3 is 2.69 bits per heavy atom. The van der Waals surface area contributed by atoms with Gasteiger partial charge in [0.2, 0.25) is 6.08 Å². The molecule has 84 valence electrons. The van der Waals surface area contributed by atoms with Gasteiger partial charge in [0.05, 0.1) is 5.54 Å². The molecule has 16 heavy (non-hydrogen) atoms. The maximum Gasteiger partial charge on any atom is 0.235 e. The van der Waals surface area contributed by atoms with Crippen LogP contribution in [0.2, 0.25) is 5.02 Å². The molecule has 4 heteroatoms. The average Bonchev–Trinajstić information content (AvgIpc) is 2.72. The van der Waals surface area contributed by atoms with Crippen molar-refractivity contribution in [1.29, 1.82) is 0 Å². The average molecular weight is 301 g/mol. The van der Waals surface area contributed by atoms with Crippen molar-refractivity contribution in [3.63, 3.8) is 0 Å². The van der Waals surface area contributed by atoms with Crippen molar-refractivity contribution in [3.05, 3.63) is 33.3 Å². The highest BCUT2D eigenvalue weighted by atomic mass is 79.9. The molecule has 0 bridgehead atoms. The predicted octanol–water partition coefficient (Wildman–Crippen LogP) is 4.21. The first-order valence-corrected chi connectivity index (χ1v) is 6.40. The van der Waals surface area contributed by atoms with Gasteiger partial charge in [-0.3, -0.25) is 0 Å².